The lowest BCUT2D eigenvalue weighted by Gasteiger charge is -2.35. The molecule has 0 bridgehead atoms. The minimum atomic E-state index is -0.486. The second kappa shape index (κ2) is 7.43. The van der Waals surface area contributed by atoms with Gasteiger partial charge >= 0.3 is 6.03 Å². The third-order valence-electron chi connectivity index (χ3n) is 5.25. The molecule has 1 atom stereocenters. The fourth-order valence-electron chi connectivity index (χ4n) is 3.61. The van der Waals surface area contributed by atoms with E-state index in [1.54, 1.807) is 0 Å². The number of carbonyl (C=O) groups excluding carboxylic acids is 1. The zero-order chi connectivity index (χ0) is 18.9. The number of likely N-dealkylation sites (tertiary alicyclic amines) is 1. The molecule has 2 saturated heterocycles. The van der Waals surface area contributed by atoms with E-state index in [4.69, 9.17) is 16.4 Å². The van der Waals surface area contributed by atoms with E-state index in [9.17, 15) is 4.79 Å². The molecule has 1 spiro atoms. The first-order valence-corrected chi connectivity index (χ1v) is 9.58. The van der Waals surface area contributed by atoms with Crippen LogP contribution in [0.1, 0.15) is 12.0 Å². The molecule has 1 N–H and O–H groups in total. The molecule has 1 aromatic carbocycles. The van der Waals surface area contributed by atoms with Gasteiger partial charge in [0.15, 0.2) is 0 Å². The zero-order valence-electron chi connectivity index (χ0n) is 15.4. The van der Waals surface area contributed by atoms with Crippen molar-refractivity contribution in [1.29, 1.82) is 0 Å². The Bertz CT molecular complexity index is 823. The van der Waals surface area contributed by atoms with E-state index in [0.717, 1.165) is 43.9 Å². The maximum absolute atomic E-state index is 12.8. The lowest BCUT2D eigenvalue weighted by molar-refractivity contribution is -0.0301. The van der Waals surface area contributed by atoms with Gasteiger partial charge in [0.25, 0.3) is 0 Å². The number of amides is 2. The van der Waals surface area contributed by atoms with Crippen molar-refractivity contribution in [2.75, 3.05) is 46.3 Å². The number of nitrogens with one attached hydrogen (secondary N) is 1. The Hall–Kier alpha value is -2.20. The van der Waals surface area contributed by atoms with Crippen LogP contribution in [-0.2, 0) is 4.84 Å². The molecule has 3 aliphatic rings. The van der Waals surface area contributed by atoms with Crippen molar-refractivity contribution in [3.05, 3.63) is 46.6 Å². The largest absolute Gasteiger partial charge is 0.322 e. The van der Waals surface area contributed by atoms with Gasteiger partial charge in [0, 0.05) is 49.7 Å². The number of nitrogens with zero attached hydrogens (tertiary/aromatic N) is 3. The summed E-state index contributed by atoms with van der Waals surface area (Å²) in [6.07, 6.45) is 2.77. The Morgan fingerprint density at radius 2 is 2.00 bits per heavy atom. The third kappa shape index (κ3) is 4.06. The molecular weight excluding hydrogens is 364 g/mol. The van der Waals surface area contributed by atoms with Gasteiger partial charge in [-0.3, -0.25) is 10.3 Å². The summed E-state index contributed by atoms with van der Waals surface area (Å²) in [5, 5.41) is 0.664. The number of hydrogen-bond donors (Lipinski definition) is 1. The number of allylic oxidation sites excluding steroid dienone is 1. The summed E-state index contributed by atoms with van der Waals surface area (Å²) in [4.78, 5) is 24.7. The number of benzene rings is 1. The molecule has 0 radical (unpaired) electrons. The van der Waals surface area contributed by atoms with E-state index in [0.29, 0.717) is 18.1 Å². The fraction of sp³-hybridized carbons (Fsp3) is 0.450. The summed E-state index contributed by atoms with van der Waals surface area (Å²) in [5.74, 6) is 6.17. The number of urea groups is 1. The van der Waals surface area contributed by atoms with Crippen LogP contribution < -0.4 is 5.48 Å². The Kier molecular flexibility index (Phi) is 5.00. The summed E-state index contributed by atoms with van der Waals surface area (Å²) in [5.41, 5.74) is 4.01. The maximum Gasteiger partial charge on any atom is 0.320 e. The second-order valence-corrected chi connectivity index (χ2v) is 7.77. The topological polar surface area (TPSA) is 48.0 Å². The molecule has 7 heteroatoms. The van der Waals surface area contributed by atoms with Crippen LogP contribution in [0, 0.1) is 11.8 Å². The van der Waals surface area contributed by atoms with Crippen LogP contribution >= 0.6 is 11.6 Å². The predicted octanol–water partition coefficient (Wildman–Crippen LogP) is 1.92. The minimum absolute atomic E-state index is 0.107. The van der Waals surface area contributed by atoms with Crippen LogP contribution in [0.4, 0.5) is 4.79 Å². The minimum Gasteiger partial charge on any atom is -0.322 e. The van der Waals surface area contributed by atoms with E-state index in [1.807, 2.05) is 40.1 Å². The molecule has 2 fully saturated rings. The first kappa shape index (κ1) is 18.2. The zero-order valence-corrected chi connectivity index (χ0v) is 16.1. The number of hydrogen-bond acceptors (Lipinski definition) is 4. The summed E-state index contributed by atoms with van der Waals surface area (Å²) >= 11 is 5.99. The average molecular weight is 387 g/mol. The van der Waals surface area contributed by atoms with Crippen LogP contribution in [-0.4, -0.2) is 72.6 Å². The van der Waals surface area contributed by atoms with Gasteiger partial charge in [0.1, 0.15) is 11.3 Å². The number of halogens is 1. The van der Waals surface area contributed by atoms with Gasteiger partial charge in [-0.05, 0) is 37.2 Å². The first-order valence-electron chi connectivity index (χ1n) is 9.20. The van der Waals surface area contributed by atoms with E-state index in [-0.39, 0.29) is 6.03 Å². The van der Waals surface area contributed by atoms with E-state index in [1.165, 1.54) is 0 Å². The molecule has 142 valence electrons. The van der Waals surface area contributed by atoms with Gasteiger partial charge in [0.2, 0.25) is 0 Å². The van der Waals surface area contributed by atoms with Crippen molar-refractivity contribution < 1.29 is 9.63 Å². The molecule has 6 nitrogen and oxygen atoms in total. The van der Waals surface area contributed by atoms with E-state index < -0.39 is 5.60 Å². The third-order valence-corrected chi connectivity index (χ3v) is 5.48. The molecule has 2 amide bonds. The Morgan fingerprint density at radius 1 is 1.19 bits per heavy atom. The smallest absolute Gasteiger partial charge is 0.320 e. The van der Waals surface area contributed by atoms with Gasteiger partial charge in [-0.25, -0.2) is 4.79 Å². The highest BCUT2D eigenvalue weighted by atomic mass is 35.5. The van der Waals surface area contributed by atoms with Crippen molar-refractivity contribution in [2.24, 2.45) is 0 Å². The standard InChI is InChI=1S/C20H23ClN4O2/c1-23-9-11-24(12-10-23)19(26)25-8-7-20(15-25)14-18(22-27-20)6-5-16-3-2-4-17(21)13-16/h2-4,13-14,22H,7-12,15H2,1H3. The van der Waals surface area contributed by atoms with Crippen LogP contribution in [0.5, 0.6) is 0 Å². The molecular formula is C20H23ClN4O2. The SMILES string of the molecule is CN1CCN(C(=O)N2CCC3(C=C(C#Cc4cccc(Cl)c4)NO3)C2)CC1. The number of hydroxylamine groups is 1. The van der Waals surface area contributed by atoms with Gasteiger partial charge in [-0.2, -0.15) is 0 Å². The van der Waals surface area contributed by atoms with Crippen LogP contribution in [0.25, 0.3) is 0 Å². The molecule has 1 unspecified atom stereocenters. The molecule has 0 saturated carbocycles. The number of rotatable bonds is 0. The molecule has 4 rings (SSSR count). The Morgan fingerprint density at radius 3 is 2.78 bits per heavy atom. The van der Waals surface area contributed by atoms with Gasteiger partial charge < -0.3 is 14.7 Å². The highest BCUT2D eigenvalue weighted by Crippen LogP contribution is 2.31. The number of likely N-dealkylation sites (N-methyl/N-ethyl adjacent to an activating group) is 1. The van der Waals surface area contributed by atoms with Crippen molar-refractivity contribution >= 4 is 17.6 Å². The summed E-state index contributed by atoms with van der Waals surface area (Å²) < 4.78 is 0. The van der Waals surface area contributed by atoms with Crippen molar-refractivity contribution in [2.45, 2.75) is 12.0 Å². The van der Waals surface area contributed by atoms with Crippen molar-refractivity contribution in [3.63, 3.8) is 0 Å². The molecule has 3 aliphatic heterocycles. The average Bonchev–Trinajstić information content (AvgIpc) is 3.27. The second-order valence-electron chi connectivity index (χ2n) is 7.33. The van der Waals surface area contributed by atoms with Crippen LogP contribution in [0.15, 0.2) is 36.0 Å². The molecule has 27 heavy (non-hydrogen) atoms. The lowest BCUT2D eigenvalue weighted by atomic mass is 10.0. The molecule has 0 aromatic heterocycles. The van der Waals surface area contributed by atoms with Gasteiger partial charge in [0.05, 0.1) is 6.54 Å². The highest BCUT2D eigenvalue weighted by molar-refractivity contribution is 6.30. The summed E-state index contributed by atoms with van der Waals surface area (Å²) in [7, 11) is 2.08. The van der Waals surface area contributed by atoms with E-state index >= 15 is 0 Å². The van der Waals surface area contributed by atoms with Crippen LogP contribution in [0.3, 0.4) is 0 Å². The first-order chi connectivity index (χ1) is 13.0. The summed E-state index contributed by atoms with van der Waals surface area (Å²) in [6.45, 7) is 4.65. The van der Waals surface area contributed by atoms with Crippen molar-refractivity contribution in [3.8, 4) is 11.8 Å². The Labute approximate surface area is 164 Å². The maximum atomic E-state index is 12.8. The quantitative estimate of drug-likeness (QED) is 0.692. The van der Waals surface area contributed by atoms with Crippen molar-refractivity contribution in [1.82, 2.24) is 20.2 Å². The van der Waals surface area contributed by atoms with Gasteiger partial charge in [-0.15, -0.1) is 0 Å². The lowest BCUT2D eigenvalue weighted by Crippen LogP contribution is -2.52. The normalized spacial score (nSPS) is 25.2. The molecule has 1 aromatic rings. The Balaban J connectivity index is 1.40. The fourth-order valence-corrected chi connectivity index (χ4v) is 3.80. The number of carbonyl (C=O) groups is 1. The predicted molar refractivity (Wildman–Crippen MR) is 104 cm³/mol. The molecule has 0 aliphatic carbocycles. The highest BCUT2D eigenvalue weighted by Gasteiger charge is 2.44. The monoisotopic (exact) mass is 386 g/mol. The van der Waals surface area contributed by atoms with Crippen LogP contribution in [0.2, 0.25) is 5.02 Å². The van der Waals surface area contributed by atoms with E-state index in [2.05, 4.69) is 29.3 Å². The summed E-state index contributed by atoms with van der Waals surface area (Å²) in [6, 6.07) is 7.54. The van der Waals surface area contributed by atoms with Gasteiger partial charge in [-0.1, -0.05) is 23.6 Å². The molecule has 3 heterocycles. The number of piperazine rings is 1.